The van der Waals surface area contributed by atoms with E-state index >= 15 is 0 Å². The number of hydrogen-bond donors (Lipinski definition) is 2. The lowest BCUT2D eigenvalue weighted by Crippen LogP contribution is -2.67. The third-order valence-electron chi connectivity index (χ3n) is 6.91. The Labute approximate surface area is 191 Å². The Bertz CT molecular complexity index is 1020. The van der Waals surface area contributed by atoms with Gasteiger partial charge in [-0.3, -0.25) is 14.6 Å². The summed E-state index contributed by atoms with van der Waals surface area (Å²) >= 11 is 5.67. The largest absolute Gasteiger partial charge is 0.484 e. The quantitative estimate of drug-likeness (QED) is 0.678. The van der Waals surface area contributed by atoms with Crippen LogP contribution >= 0.6 is 11.6 Å². The van der Waals surface area contributed by atoms with Crippen LogP contribution in [-0.2, 0) is 4.79 Å². The molecule has 0 spiro atoms. The number of aryl methyl sites for hydroxylation is 1. The van der Waals surface area contributed by atoms with Crippen molar-refractivity contribution in [2.24, 2.45) is 5.92 Å². The Morgan fingerprint density at radius 2 is 1.94 bits per heavy atom. The number of halogens is 2. The van der Waals surface area contributed by atoms with Gasteiger partial charge in [-0.1, -0.05) is 24.6 Å². The standard InChI is InChI=1S/C24H27ClFN3O3/c1-15-3-6-20(27-13-15)22(31)29-23-7-9-24(10-8-23,16(2)12-23)28-21(30)14-32-17-4-5-18(25)19(26)11-17/h3-6,11,13,16H,7-10,12,14H2,1-2H3,(H,28,30)(H,29,31)/t16-,23?,24?/m0/s1. The Morgan fingerprint density at radius 3 is 2.56 bits per heavy atom. The molecule has 2 bridgehead atoms. The Balaban J connectivity index is 1.34. The van der Waals surface area contributed by atoms with Crippen molar-refractivity contribution < 1.29 is 18.7 Å². The summed E-state index contributed by atoms with van der Waals surface area (Å²) < 4.78 is 19.0. The van der Waals surface area contributed by atoms with Gasteiger partial charge in [0.05, 0.1) is 5.02 Å². The minimum atomic E-state index is -0.587. The van der Waals surface area contributed by atoms with E-state index in [4.69, 9.17) is 16.3 Å². The average Bonchev–Trinajstić information content (AvgIpc) is 2.76. The first-order valence-corrected chi connectivity index (χ1v) is 11.2. The SMILES string of the molecule is Cc1ccc(C(=O)NC23CCC(NC(=O)COc4ccc(Cl)c(F)c4)(CC2)[C@@H](C)C3)nc1. The van der Waals surface area contributed by atoms with Crippen molar-refractivity contribution in [3.8, 4) is 5.75 Å². The van der Waals surface area contributed by atoms with E-state index in [1.54, 1.807) is 12.3 Å². The molecule has 0 aliphatic heterocycles. The maximum atomic E-state index is 13.6. The topological polar surface area (TPSA) is 80.3 Å². The summed E-state index contributed by atoms with van der Waals surface area (Å²) in [6, 6.07) is 7.71. The fourth-order valence-electron chi connectivity index (χ4n) is 5.01. The van der Waals surface area contributed by atoms with E-state index < -0.39 is 5.82 Å². The van der Waals surface area contributed by atoms with Crippen molar-refractivity contribution >= 4 is 23.4 Å². The number of nitrogens with one attached hydrogen (secondary N) is 2. The average molecular weight is 460 g/mol. The van der Waals surface area contributed by atoms with Crippen LogP contribution in [0.4, 0.5) is 4.39 Å². The van der Waals surface area contributed by atoms with Gasteiger partial charge in [0.1, 0.15) is 17.3 Å². The van der Waals surface area contributed by atoms with Crippen molar-refractivity contribution in [2.75, 3.05) is 6.61 Å². The zero-order valence-electron chi connectivity index (χ0n) is 18.2. The van der Waals surface area contributed by atoms with Crippen molar-refractivity contribution in [2.45, 2.75) is 57.0 Å². The highest BCUT2D eigenvalue weighted by Gasteiger charge is 2.54. The maximum absolute atomic E-state index is 13.6. The van der Waals surface area contributed by atoms with Crippen molar-refractivity contribution in [3.05, 3.63) is 58.6 Å². The van der Waals surface area contributed by atoms with Gasteiger partial charge < -0.3 is 15.4 Å². The number of amides is 2. The zero-order chi connectivity index (χ0) is 22.9. The summed E-state index contributed by atoms with van der Waals surface area (Å²) in [5.74, 6) is -0.538. The van der Waals surface area contributed by atoms with Crippen molar-refractivity contribution in [3.63, 3.8) is 0 Å². The van der Waals surface area contributed by atoms with E-state index in [2.05, 4.69) is 22.5 Å². The van der Waals surface area contributed by atoms with Crippen LogP contribution in [0.1, 0.15) is 55.1 Å². The number of fused-ring (bicyclic) bond motifs is 3. The predicted molar refractivity (Wildman–Crippen MR) is 119 cm³/mol. The maximum Gasteiger partial charge on any atom is 0.270 e. The molecule has 1 atom stereocenters. The van der Waals surface area contributed by atoms with Crippen molar-refractivity contribution in [1.82, 2.24) is 15.6 Å². The smallest absolute Gasteiger partial charge is 0.270 e. The number of ether oxygens (including phenoxy) is 1. The first-order chi connectivity index (χ1) is 15.2. The van der Waals surface area contributed by atoms with Crippen LogP contribution in [0.3, 0.4) is 0 Å². The summed E-state index contributed by atoms with van der Waals surface area (Å²) in [7, 11) is 0. The summed E-state index contributed by atoms with van der Waals surface area (Å²) in [5, 5.41) is 6.40. The summed E-state index contributed by atoms with van der Waals surface area (Å²) in [6.07, 6.45) is 5.61. The molecule has 1 heterocycles. The molecule has 1 aromatic heterocycles. The molecule has 5 rings (SSSR count). The van der Waals surface area contributed by atoms with Gasteiger partial charge in [0.25, 0.3) is 11.8 Å². The Morgan fingerprint density at radius 1 is 1.19 bits per heavy atom. The molecule has 0 unspecified atom stereocenters. The third kappa shape index (κ3) is 4.58. The molecule has 3 aliphatic carbocycles. The van der Waals surface area contributed by atoms with Crippen LogP contribution in [0.2, 0.25) is 5.02 Å². The molecule has 1 aromatic carbocycles. The van der Waals surface area contributed by atoms with Crippen LogP contribution in [-0.4, -0.2) is 34.5 Å². The molecule has 0 saturated heterocycles. The number of benzene rings is 1. The number of hydrogen-bond acceptors (Lipinski definition) is 4. The van der Waals surface area contributed by atoms with Crippen LogP contribution in [0.25, 0.3) is 0 Å². The summed E-state index contributed by atoms with van der Waals surface area (Å²) in [4.78, 5) is 29.6. The van der Waals surface area contributed by atoms with Gasteiger partial charge in [-0.25, -0.2) is 4.39 Å². The van der Waals surface area contributed by atoms with Crippen LogP contribution < -0.4 is 15.4 Å². The Kier molecular flexibility index (Phi) is 6.12. The van der Waals surface area contributed by atoms with Crippen LogP contribution in [0, 0.1) is 18.7 Å². The van der Waals surface area contributed by atoms with E-state index in [1.807, 2.05) is 13.0 Å². The second-order valence-electron chi connectivity index (χ2n) is 9.13. The van der Waals surface area contributed by atoms with Crippen LogP contribution in [0.15, 0.2) is 36.5 Å². The minimum absolute atomic E-state index is 0.00709. The number of pyridine rings is 1. The number of rotatable bonds is 6. The van der Waals surface area contributed by atoms with Gasteiger partial charge in [0.15, 0.2) is 6.61 Å². The second kappa shape index (κ2) is 8.70. The number of carbonyl (C=O) groups is 2. The lowest BCUT2D eigenvalue weighted by atomic mass is 9.56. The fraction of sp³-hybridized carbons (Fsp3) is 0.458. The fourth-order valence-corrected chi connectivity index (χ4v) is 5.13. The van der Waals surface area contributed by atoms with E-state index in [-0.39, 0.29) is 46.2 Å². The van der Waals surface area contributed by atoms with Gasteiger partial charge in [-0.05, 0) is 68.7 Å². The third-order valence-corrected chi connectivity index (χ3v) is 7.22. The minimum Gasteiger partial charge on any atom is -0.484 e. The summed E-state index contributed by atoms with van der Waals surface area (Å²) in [5.41, 5.74) is 0.839. The molecule has 2 N–H and O–H groups in total. The molecule has 2 amide bonds. The number of aromatic nitrogens is 1. The number of carbonyl (C=O) groups excluding carboxylic acids is 2. The molecule has 3 fully saturated rings. The number of nitrogens with zero attached hydrogens (tertiary/aromatic N) is 1. The monoisotopic (exact) mass is 459 g/mol. The van der Waals surface area contributed by atoms with E-state index in [0.717, 1.165) is 43.7 Å². The lowest BCUT2D eigenvalue weighted by Gasteiger charge is -2.57. The highest BCUT2D eigenvalue weighted by Crippen LogP contribution is 2.50. The molecule has 170 valence electrons. The van der Waals surface area contributed by atoms with Crippen LogP contribution in [0.5, 0.6) is 5.75 Å². The lowest BCUT2D eigenvalue weighted by molar-refractivity contribution is -0.128. The molecular weight excluding hydrogens is 433 g/mol. The molecular formula is C24H27ClFN3O3. The molecule has 0 radical (unpaired) electrons. The first kappa shape index (κ1) is 22.5. The van der Waals surface area contributed by atoms with E-state index in [0.29, 0.717) is 5.69 Å². The van der Waals surface area contributed by atoms with Gasteiger partial charge >= 0.3 is 0 Å². The molecule has 3 aliphatic rings. The van der Waals surface area contributed by atoms with Crippen molar-refractivity contribution in [1.29, 1.82) is 0 Å². The normalized spacial score (nSPS) is 26.4. The Hall–Kier alpha value is -2.67. The van der Waals surface area contributed by atoms with Gasteiger partial charge in [-0.15, -0.1) is 0 Å². The highest BCUT2D eigenvalue weighted by atomic mass is 35.5. The van der Waals surface area contributed by atoms with E-state index in [9.17, 15) is 14.0 Å². The molecule has 2 aromatic rings. The highest BCUT2D eigenvalue weighted by molar-refractivity contribution is 6.30. The van der Waals surface area contributed by atoms with Gasteiger partial charge in [0, 0.05) is 23.3 Å². The molecule has 6 nitrogen and oxygen atoms in total. The molecule has 8 heteroatoms. The molecule has 3 saturated carbocycles. The van der Waals surface area contributed by atoms with E-state index in [1.165, 1.54) is 12.1 Å². The van der Waals surface area contributed by atoms with Gasteiger partial charge in [-0.2, -0.15) is 0 Å². The molecule has 32 heavy (non-hydrogen) atoms. The second-order valence-corrected chi connectivity index (χ2v) is 9.54. The van der Waals surface area contributed by atoms with Gasteiger partial charge in [0.2, 0.25) is 0 Å². The first-order valence-electron chi connectivity index (χ1n) is 10.8. The summed E-state index contributed by atoms with van der Waals surface area (Å²) in [6.45, 7) is 3.85. The zero-order valence-corrected chi connectivity index (χ0v) is 19.0. The predicted octanol–water partition coefficient (Wildman–Crippen LogP) is 4.20.